The Morgan fingerprint density at radius 3 is 1.33 bits per heavy atom. The van der Waals surface area contributed by atoms with Gasteiger partial charge in [-0.15, -0.1) is 0 Å². The van der Waals surface area contributed by atoms with Gasteiger partial charge >= 0.3 is 0 Å². The van der Waals surface area contributed by atoms with Gasteiger partial charge in [-0.1, -0.05) is 20.3 Å². The summed E-state index contributed by atoms with van der Waals surface area (Å²) in [5.74, 6) is 2.48. The molecule has 0 fully saturated rings. The van der Waals surface area contributed by atoms with Crippen molar-refractivity contribution in [2.24, 2.45) is 47.3 Å². The Hall–Kier alpha value is -0.520. The Balaban J connectivity index is 4.86. The molecule has 4 unspecified atom stereocenters. The largest absolute Gasteiger partial charge is 0.296 e. The van der Waals surface area contributed by atoms with Gasteiger partial charge in [0.25, 0.3) is 0 Å². The summed E-state index contributed by atoms with van der Waals surface area (Å²) in [7, 11) is 0. The minimum atomic E-state index is 0.162. The molecule has 0 aromatic rings. The average molecular weight is 289 g/mol. The first-order valence-corrected chi connectivity index (χ1v) is 8.28. The summed E-state index contributed by atoms with van der Waals surface area (Å²) in [5, 5.41) is 0. The molecule has 0 saturated heterocycles. The molecule has 0 nitrogen and oxygen atoms in total. The van der Waals surface area contributed by atoms with Crippen LogP contribution in [0, 0.1) is 103 Å². The molecule has 0 rings (SSSR count). The molecule has 0 radical (unpaired) electrons. The lowest BCUT2D eigenvalue weighted by Gasteiger charge is -2.36. The first-order chi connectivity index (χ1) is 9.63. The van der Waals surface area contributed by atoms with Crippen LogP contribution in [0.3, 0.4) is 0 Å². The molecule has 0 aliphatic carbocycles. The molecule has 0 spiro atoms. The van der Waals surface area contributed by atoms with Crippen LogP contribution in [0.5, 0.6) is 0 Å². The van der Waals surface area contributed by atoms with E-state index < -0.39 is 0 Å². The Labute approximate surface area is 136 Å². The molecular weight excluding hydrogens is 252 g/mol. The van der Waals surface area contributed by atoms with E-state index in [0.717, 1.165) is 19.3 Å². The molecule has 0 aliphatic heterocycles. The minimum Gasteiger partial charge on any atom is -0.296 e. The highest BCUT2D eigenvalue weighted by atomic mass is 14.3. The van der Waals surface area contributed by atoms with E-state index in [1.165, 1.54) is 0 Å². The summed E-state index contributed by atoms with van der Waals surface area (Å²) in [4.78, 5) is 0. The van der Waals surface area contributed by atoms with Gasteiger partial charge < -0.3 is 0 Å². The van der Waals surface area contributed by atoms with Crippen molar-refractivity contribution in [3.8, 4) is 0 Å². The van der Waals surface area contributed by atoms with Crippen LogP contribution in [-0.2, 0) is 0 Å². The Morgan fingerprint density at radius 1 is 0.667 bits per heavy atom. The highest BCUT2D eigenvalue weighted by Gasteiger charge is 2.30. The summed E-state index contributed by atoms with van der Waals surface area (Å²) in [6, 6.07) is 0. The Kier molecular flexibility index (Phi) is 9.25. The summed E-state index contributed by atoms with van der Waals surface area (Å²) in [6.45, 7) is 37.4. The van der Waals surface area contributed by atoms with E-state index in [1.807, 2.05) is 0 Å². The standard InChI is InChI=1S/C21H36/c1-11-19(15(4)5)21(17(8)9)13-12-20(16(6)7)18(10)14(2)3/h14-21H,2-9,11-13H2,1,10H3. The molecule has 0 N–H and O–H groups in total. The maximum atomic E-state index is 4.17. The van der Waals surface area contributed by atoms with Crippen LogP contribution in [-0.4, -0.2) is 0 Å². The lowest BCUT2D eigenvalue weighted by molar-refractivity contribution is 0.180. The van der Waals surface area contributed by atoms with Gasteiger partial charge in [0.1, 0.15) is 0 Å². The summed E-state index contributed by atoms with van der Waals surface area (Å²) in [6.07, 6.45) is 3.24. The Morgan fingerprint density at radius 2 is 1.05 bits per heavy atom. The zero-order valence-electron chi connectivity index (χ0n) is 14.4. The lowest BCUT2D eigenvalue weighted by atomic mass is 9.69. The molecular formula is C21H36. The van der Waals surface area contributed by atoms with E-state index in [-0.39, 0.29) is 23.7 Å². The van der Waals surface area contributed by atoms with Crippen LogP contribution in [0.1, 0.15) is 33.1 Å². The van der Waals surface area contributed by atoms with Gasteiger partial charge in [-0.25, -0.2) is 0 Å². The van der Waals surface area contributed by atoms with Gasteiger partial charge in [0.05, 0.1) is 0 Å². The van der Waals surface area contributed by atoms with Crippen molar-refractivity contribution in [1.29, 1.82) is 0 Å². The Bertz CT molecular complexity index is 249. The molecule has 0 amide bonds. The van der Waals surface area contributed by atoms with Crippen molar-refractivity contribution in [3.63, 3.8) is 0 Å². The van der Waals surface area contributed by atoms with Gasteiger partial charge in [-0.2, -0.15) is 0 Å². The van der Waals surface area contributed by atoms with Crippen molar-refractivity contribution in [3.05, 3.63) is 55.4 Å². The van der Waals surface area contributed by atoms with Crippen molar-refractivity contribution < 1.29 is 0 Å². The molecule has 120 valence electrons. The predicted octanol–water partition coefficient (Wildman–Crippen LogP) is 5.80. The molecule has 21 heavy (non-hydrogen) atoms. The molecule has 0 aliphatic rings. The topological polar surface area (TPSA) is 0 Å². The molecule has 0 saturated carbocycles. The third-order valence-corrected chi connectivity index (χ3v) is 5.09. The zero-order valence-corrected chi connectivity index (χ0v) is 14.4. The highest BCUT2D eigenvalue weighted by Crippen LogP contribution is 2.37. The maximum absolute atomic E-state index is 4.17. The van der Waals surface area contributed by atoms with E-state index in [1.54, 1.807) is 0 Å². The fraction of sp³-hybridized carbons (Fsp3) is 0.619. The summed E-state index contributed by atoms with van der Waals surface area (Å²) < 4.78 is 0. The maximum Gasteiger partial charge on any atom is 0.0335 e. The average Bonchev–Trinajstić information content (AvgIpc) is 2.35. The second-order valence-electron chi connectivity index (χ2n) is 6.88. The minimum absolute atomic E-state index is 0.162. The number of rotatable bonds is 10. The van der Waals surface area contributed by atoms with Crippen LogP contribution in [0.2, 0.25) is 0 Å². The van der Waals surface area contributed by atoms with E-state index in [0.29, 0.717) is 23.7 Å². The third-order valence-electron chi connectivity index (χ3n) is 5.09. The van der Waals surface area contributed by atoms with Crippen LogP contribution in [0.15, 0.2) is 0 Å². The van der Waals surface area contributed by atoms with Crippen LogP contribution in [0.4, 0.5) is 0 Å². The molecule has 0 heterocycles. The van der Waals surface area contributed by atoms with Crippen molar-refractivity contribution in [2.75, 3.05) is 0 Å². The fourth-order valence-electron chi connectivity index (χ4n) is 3.45. The lowest BCUT2D eigenvalue weighted by Crippen LogP contribution is -2.28. The van der Waals surface area contributed by atoms with E-state index >= 15 is 0 Å². The van der Waals surface area contributed by atoms with E-state index in [4.69, 9.17) is 0 Å². The quantitative estimate of drug-likeness (QED) is 0.446. The van der Waals surface area contributed by atoms with E-state index in [2.05, 4.69) is 69.2 Å². The number of hydrogen-bond donors (Lipinski definition) is 0. The van der Waals surface area contributed by atoms with Crippen LogP contribution in [0.25, 0.3) is 0 Å². The van der Waals surface area contributed by atoms with Gasteiger partial charge in [-0.05, 0) is 60.2 Å². The fourth-order valence-corrected chi connectivity index (χ4v) is 3.45. The smallest absolute Gasteiger partial charge is 0.0335 e. The van der Waals surface area contributed by atoms with Gasteiger partial charge in [0.15, 0.2) is 0 Å². The third kappa shape index (κ3) is 6.41. The highest BCUT2D eigenvalue weighted by molar-refractivity contribution is 4.89. The molecule has 0 heteroatoms. The predicted molar refractivity (Wildman–Crippen MR) is 96.0 cm³/mol. The first kappa shape index (κ1) is 20.5. The van der Waals surface area contributed by atoms with Crippen molar-refractivity contribution in [1.82, 2.24) is 0 Å². The SMILES string of the molecule is [CH2+]C([CH2-])C(C)C(CCC(C([CH2+])[CH2-])C(CC)C([CH2+])[CH2-])C([CH2+])[CH2-]. The summed E-state index contributed by atoms with van der Waals surface area (Å²) in [5.41, 5.74) is 0. The number of hydrogen-bond acceptors (Lipinski definition) is 0. The van der Waals surface area contributed by atoms with Gasteiger partial charge in [0, 0.05) is 27.7 Å². The first-order valence-electron chi connectivity index (χ1n) is 8.28. The summed E-state index contributed by atoms with van der Waals surface area (Å²) >= 11 is 0. The molecule has 0 aromatic heterocycles. The monoisotopic (exact) mass is 288 g/mol. The molecule has 4 atom stereocenters. The van der Waals surface area contributed by atoms with Crippen molar-refractivity contribution in [2.45, 2.75) is 33.1 Å². The van der Waals surface area contributed by atoms with Crippen LogP contribution >= 0.6 is 0 Å². The molecule has 0 bridgehead atoms. The van der Waals surface area contributed by atoms with Crippen LogP contribution < -0.4 is 0 Å². The van der Waals surface area contributed by atoms with Gasteiger partial charge in [-0.3, -0.25) is 27.7 Å². The zero-order chi connectivity index (χ0) is 16.7. The van der Waals surface area contributed by atoms with Crippen molar-refractivity contribution >= 4 is 0 Å². The van der Waals surface area contributed by atoms with E-state index in [9.17, 15) is 0 Å². The van der Waals surface area contributed by atoms with Gasteiger partial charge in [0.2, 0.25) is 0 Å². The normalized spacial score (nSPS) is 23.5. The second kappa shape index (κ2) is 9.49. The molecule has 0 aromatic carbocycles. The second-order valence-corrected chi connectivity index (χ2v) is 6.88.